The Morgan fingerprint density at radius 3 is 2.76 bits per heavy atom. The highest BCUT2D eigenvalue weighted by Gasteiger charge is 2.11. The van der Waals surface area contributed by atoms with E-state index >= 15 is 0 Å². The lowest BCUT2D eigenvalue weighted by molar-refractivity contribution is 0.628. The number of rotatable bonds is 4. The van der Waals surface area contributed by atoms with Crippen LogP contribution < -0.4 is 5.73 Å². The van der Waals surface area contributed by atoms with Gasteiger partial charge in [0, 0.05) is 13.0 Å². The monoisotopic (exact) mass is 283 g/mol. The van der Waals surface area contributed by atoms with Gasteiger partial charge in [-0.1, -0.05) is 25.1 Å². The second-order valence-electron chi connectivity index (χ2n) is 5.20. The molecule has 0 spiro atoms. The summed E-state index contributed by atoms with van der Waals surface area (Å²) >= 11 is 0. The van der Waals surface area contributed by atoms with Crippen LogP contribution in [-0.2, 0) is 13.0 Å². The molecule has 1 heterocycles. The fourth-order valence-electron chi connectivity index (χ4n) is 2.60. The first-order chi connectivity index (χ1) is 10.2. The molecule has 0 saturated heterocycles. The maximum absolute atomic E-state index is 13.6. The fraction of sp³-hybridized carbons (Fsp3) is 0.235. The van der Waals surface area contributed by atoms with Crippen molar-refractivity contribution in [2.75, 3.05) is 5.73 Å². The number of para-hydroxylation sites is 2. The molecule has 3 nitrogen and oxygen atoms in total. The van der Waals surface area contributed by atoms with Crippen LogP contribution in [0.15, 0.2) is 42.5 Å². The van der Waals surface area contributed by atoms with Crippen LogP contribution in [0.3, 0.4) is 0 Å². The van der Waals surface area contributed by atoms with Crippen molar-refractivity contribution in [3.63, 3.8) is 0 Å². The Hall–Kier alpha value is -2.36. The predicted octanol–water partition coefficient (Wildman–Crippen LogP) is 3.76. The molecule has 0 aliphatic carbocycles. The summed E-state index contributed by atoms with van der Waals surface area (Å²) in [5.41, 5.74) is 8.70. The molecular weight excluding hydrogens is 265 g/mol. The van der Waals surface area contributed by atoms with Crippen LogP contribution in [0.25, 0.3) is 11.0 Å². The minimum atomic E-state index is -0.370. The average Bonchev–Trinajstić information content (AvgIpc) is 2.81. The van der Waals surface area contributed by atoms with Gasteiger partial charge in [0.25, 0.3) is 0 Å². The SMILES string of the molecule is CCCn1c(Cc2ccc(N)c(F)c2)nc2ccccc21. The number of fused-ring (bicyclic) bond motifs is 1. The molecule has 0 radical (unpaired) electrons. The average molecular weight is 283 g/mol. The molecule has 21 heavy (non-hydrogen) atoms. The third-order valence-corrected chi connectivity index (χ3v) is 3.61. The summed E-state index contributed by atoms with van der Waals surface area (Å²) in [6.07, 6.45) is 1.63. The van der Waals surface area contributed by atoms with E-state index in [2.05, 4.69) is 22.5 Å². The van der Waals surface area contributed by atoms with E-state index in [9.17, 15) is 4.39 Å². The summed E-state index contributed by atoms with van der Waals surface area (Å²) in [6, 6.07) is 13.0. The van der Waals surface area contributed by atoms with Gasteiger partial charge in [-0.2, -0.15) is 0 Å². The van der Waals surface area contributed by atoms with Crippen molar-refractivity contribution >= 4 is 16.7 Å². The lowest BCUT2D eigenvalue weighted by atomic mass is 10.1. The summed E-state index contributed by atoms with van der Waals surface area (Å²) in [5, 5.41) is 0. The number of aromatic nitrogens is 2. The van der Waals surface area contributed by atoms with E-state index in [1.165, 1.54) is 6.07 Å². The number of nitrogens with two attached hydrogens (primary N) is 1. The Morgan fingerprint density at radius 1 is 1.19 bits per heavy atom. The van der Waals surface area contributed by atoms with Gasteiger partial charge in [-0.05, 0) is 36.2 Å². The molecule has 108 valence electrons. The normalized spacial score (nSPS) is 11.1. The Kier molecular flexibility index (Phi) is 3.60. The van der Waals surface area contributed by atoms with Gasteiger partial charge in [0.15, 0.2) is 0 Å². The van der Waals surface area contributed by atoms with Crippen molar-refractivity contribution in [2.24, 2.45) is 0 Å². The van der Waals surface area contributed by atoms with Crippen LogP contribution in [0.1, 0.15) is 24.7 Å². The van der Waals surface area contributed by atoms with Crippen LogP contribution in [0.5, 0.6) is 0 Å². The second kappa shape index (κ2) is 5.56. The molecule has 3 aromatic rings. The molecule has 0 fully saturated rings. The molecule has 2 aromatic carbocycles. The third kappa shape index (κ3) is 2.61. The zero-order chi connectivity index (χ0) is 14.8. The summed E-state index contributed by atoms with van der Waals surface area (Å²) < 4.78 is 15.8. The molecule has 2 N–H and O–H groups in total. The highest BCUT2D eigenvalue weighted by molar-refractivity contribution is 5.76. The maximum Gasteiger partial charge on any atom is 0.146 e. The number of anilines is 1. The largest absolute Gasteiger partial charge is 0.396 e. The van der Waals surface area contributed by atoms with Crippen molar-refractivity contribution in [3.8, 4) is 0 Å². The molecule has 0 unspecified atom stereocenters. The van der Waals surface area contributed by atoms with Crippen molar-refractivity contribution in [1.29, 1.82) is 0 Å². The number of aryl methyl sites for hydroxylation is 1. The maximum atomic E-state index is 13.6. The van der Waals surface area contributed by atoms with Gasteiger partial charge in [-0.15, -0.1) is 0 Å². The van der Waals surface area contributed by atoms with Gasteiger partial charge in [0.1, 0.15) is 11.6 Å². The minimum Gasteiger partial charge on any atom is -0.396 e. The number of benzene rings is 2. The van der Waals surface area contributed by atoms with Crippen molar-refractivity contribution in [1.82, 2.24) is 9.55 Å². The summed E-state index contributed by atoms with van der Waals surface area (Å²) in [6.45, 7) is 3.05. The number of imidazole rings is 1. The number of nitrogens with zero attached hydrogens (tertiary/aromatic N) is 2. The Balaban J connectivity index is 2.02. The molecule has 0 amide bonds. The lowest BCUT2D eigenvalue weighted by Gasteiger charge is -2.08. The number of hydrogen-bond acceptors (Lipinski definition) is 2. The summed E-state index contributed by atoms with van der Waals surface area (Å²) in [5.74, 6) is 0.591. The van der Waals surface area contributed by atoms with E-state index < -0.39 is 0 Å². The predicted molar refractivity (Wildman–Crippen MR) is 83.6 cm³/mol. The number of hydrogen-bond donors (Lipinski definition) is 1. The third-order valence-electron chi connectivity index (χ3n) is 3.61. The molecule has 0 aliphatic rings. The topological polar surface area (TPSA) is 43.8 Å². The Morgan fingerprint density at radius 2 is 2.00 bits per heavy atom. The molecular formula is C17H18FN3. The Bertz CT molecular complexity index is 777. The molecule has 0 aliphatic heterocycles. The zero-order valence-corrected chi connectivity index (χ0v) is 12.0. The number of halogens is 1. The number of nitrogen functional groups attached to an aromatic ring is 1. The van der Waals surface area contributed by atoms with Crippen LogP contribution in [0.4, 0.5) is 10.1 Å². The van der Waals surface area contributed by atoms with Crippen LogP contribution in [-0.4, -0.2) is 9.55 Å². The lowest BCUT2D eigenvalue weighted by Crippen LogP contribution is -2.04. The fourth-order valence-corrected chi connectivity index (χ4v) is 2.60. The van der Waals surface area contributed by atoms with Gasteiger partial charge in [0.05, 0.1) is 16.7 Å². The summed E-state index contributed by atoms with van der Waals surface area (Å²) in [4.78, 5) is 4.69. The van der Waals surface area contributed by atoms with Gasteiger partial charge in [0.2, 0.25) is 0 Å². The van der Waals surface area contributed by atoms with E-state index in [1.807, 2.05) is 24.3 Å². The first-order valence-corrected chi connectivity index (χ1v) is 7.17. The molecule has 0 bridgehead atoms. The van der Waals surface area contributed by atoms with Gasteiger partial charge < -0.3 is 10.3 Å². The van der Waals surface area contributed by atoms with Crippen LogP contribution in [0, 0.1) is 5.82 Å². The molecule has 3 rings (SSSR count). The highest BCUT2D eigenvalue weighted by atomic mass is 19.1. The Labute approximate surface area is 123 Å². The van der Waals surface area contributed by atoms with E-state index in [1.54, 1.807) is 6.07 Å². The van der Waals surface area contributed by atoms with Crippen molar-refractivity contribution in [2.45, 2.75) is 26.3 Å². The summed E-state index contributed by atoms with van der Waals surface area (Å²) in [7, 11) is 0. The minimum absolute atomic E-state index is 0.181. The van der Waals surface area contributed by atoms with E-state index in [-0.39, 0.29) is 11.5 Å². The van der Waals surface area contributed by atoms with Gasteiger partial charge in [-0.3, -0.25) is 0 Å². The van der Waals surface area contributed by atoms with Gasteiger partial charge >= 0.3 is 0 Å². The quantitative estimate of drug-likeness (QED) is 0.741. The van der Waals surface area contributed by atoms with Crippen molar-refractivity contribution in [3.05, 3.63) is 59.7 Å². The van der Waals surface area contributed by atoms with Gasteiger partial charge in [-0.25, -0.2) is 9.37 Å². The zero-order valence-electron chi connectivity index (χ0n) is 12.0. The van der Waals surface area contributed by atoms with Crippen LogP contribution >= 0.6 is 0 Å². The van der Waals surface area contributed by atoms with Crippen molar-refractivity contribution < 1.29 is 4.39 Å². The standard InChI is InChI=1S/C17H18FN3/c1-2-9-21-16-6-4-3-5-15(16)20-17(21)11-12-7-8-14(19)13(18)10-12/h3-8,10H,2,9,11,19H2,1H3. The first kappa shape index (κ1) is 13.6. The molecule has 4 heteroatoms. The highest BCUT2D eigenvalue weighted by Crippen LogP contribution is 2.20. The van der Waals surface area contributed by atoms with E-state index in [0.29, 0.717) is 6.42 Å². The second-order valence-corrected chi connectivity index (χ2v) is 5.20. The van der Waals surface area contributed by atoms with E-state index in [0.717, 1.165) is 35.4 Å². The molecule has 0 atom stereocenters. The first-order valence-electron chi connectivity index (χ1n) is 7.17. The van der Waals surface area contributed by atoms with Crippen LogP contribution in [0.2, 0.25) is 0 Å². The molecule has 1 aromatic heterocycles. The van der Waals surface area contributed by atoms with E-state index in [4.69, 9.17) is 5.73 Å². The molecule has 0 saturated carbocycles. The smallest absolute Gasteiger partial charge is 0.146 e.